The van der Waals surface area contributed by atoms with E-state index in [1.165, 1.54) is 5.57 Å². The molecule has 0 spiro atoms. The van der Waals surface area contributed by atoms with Crippen LogP contribution in [0.5, 0.6) is 0 Å². The molecule has 0 unspecified atom stereocenters. The summed E-state index contributed by atoms with van der Waals surface area (Å²) in [4.78, 5) is 16.5. The van der Waals surface area contributed by atoms with Crippen molar-refractivity contribution in [2.24, 2.45) is 4.99 Å². The zero-order valence-electron chi connectivity index (χ0n) is 15.3. The molecule has 2 heterocycles. The van der Waals surface area contributed by atoms with E-state index in [0.717, 1.165) is 38.8 Å². The van der Waals surface area contributed by atoms with Gasteiger partial charge in [0.15, 0.2) is 0 Å². The van der Waals surface area contributed by atoms with Gasteiger partial charge in [0, 0.05) is 31.6 Å². The fraction of sp³-hybridized carbons (Fsp3) is 0.474. The van der Waals surface area contributed by atoms with E-state index in [1.807, 2.05) is 0 Å². The Bertz CT molecular complexity index is 846. The number of fused-ring (bicyclic) bond motifs is 1. The number of carbonyl (C=O) groups is 1. The van der Waals surface area contributed by atoms with Gasteiger partial charge in [-0.2, -0.15) is 0 Å². The van der Waals surface area contributed by atoms with Crippen LogP contribution in [-0.4, -0.2) is 46.3 Å². The molecule has 2 aliphatic rings. The molecule has 0 saturated heterocycles. The summed E-state index contributed by atoms with van der Waals surface area (Å²) in [7, 11) is -3.47. The molecule has 0 atom stereocenters. The molecule has 0 fully saturated rings. The van der Waals surface area contributed by atoms with Crippen LogP contribution in [0.1, 0.15) is 37.7 Å². The maximum absolute atomic E-state index is 12.0. The minimum absolute atomic E-state index is 0.0817. The highest BCUT2D eigenvalue weighted by Crippen LogP contribution is 2.22. The van der Waals surface area contributed by atoms with Gasteiger partial charge in [0.05, 0.1) is 4.90 Å². The first-order valence-corrected chi connectivity index (χ1v) is 10.9. The van der Waals surface area contributed by atoms with Gasteiger partial charge in [0.2, 0.25) is 5.91 Å². The van der Waals surface area contributed by atoms with Gasteiger partial charge in [-0.1, -0.05) is 30.2 Å². The van der Waals surface area contributed by atoms with Crippen LogP contribution in [0.2, 0.25) is 0 Å². The van der Waals surface area contributed by atoms with Crippen molar-refractivity contribution in [2.45, 2.75) is 37.0 Å². The predicted octanol–water partition coefficient (Wildman–Crippen LogP) is 1.32. The summed E-state index contributed by atoms with van der Waals surface area (Å²) in [5.41, 5.74) is 1.92. The van der Waals surface area contributed by atoms with Crippen molar-refractivity contribution in [3.8, 4) is 0 Å². The molecule has 1 aromatic carbocycles. The number of nitrogens with zero attached hydrogens (tertiary/aromatic N) is 1. The summed E-state index contributed by atoms with van der Waals surface area (Å²) in [6.07, 6.45) is 6.14. The number of hydrogen-bond donors (Lipinski definition) is 3. The third-order valence-electron chi connectivity index (χ3n) is 4.67. The molecular weight excluding hydrogens is 364 g/mol. The standard InChI is InChI=1S/C19H26N4O3S/c24-18(22-14-15-9-12-20-13-10-15)8-2-1-5-11-21-19-16-6-3-4-7-17(16)27(25,26)23-19/h3-4,6-7,9,20H,1-2,5,8,10-14H2,(H,21,23)(H,22,24). The van der Waals surface area contributed by atoms with Crippen LogP contribution in [-0.2, 0) is 14.8 Å². The molecule has 146 valence electrons. The van der Waals surface area contributed by atoms with Gasteiger partial charge in [-0.25, -0.2) is 8.42 Å². The average Bonchev–Trinajstić information content (AvgIpc) is 2.94. The maximum Gasteiger partial charge on any atom is 0.263 e. The SMILES string of the molecule is O=C(CCCCCN=C1NS(=O)(=O)c2ccccc21)NCC1=CCNCC1. The quantitative estimate of drug-likeness (QED) is 0.460. The zero-order chi connectivity index (χ0) is 19.1. The van der Waals surface area contributed by atoms with Crippen LogP contribution in [0.3, 0.4) is 0 Å². The third kappa shape index (κ3) is 5.40. The zero-order valence-corrected chi connectivity index (χ0v) is 16.1. The number of aliphatic imine (C=N–C) groups is 1. The summed E-state index contributed by atoms with van der Waals surface area (Å²) < 4.78 is 26.5. The van der Waals surface area contributed by atoms with E-state index in [9.17, 15) is 13.2 Å². The lowest BCUT2D eigenvalue weighted by Crippen LogP contribution is -2.29. The highest BCUT2D eigenvalue weighted by molar-refractivity contribution is 7.90. The van der Waals surface area contributed by atoms with Gasteiger partial charge in [0.1, 0.15) is 5.84 Å². The Morgan fingerprint density at radius 3 is 2.85 bits per heavy atom. The second-order valence-electron chi connectivity index (χ2n) is 6.74. The number of unbranched alkanes of at least 4 members (excludes halogenated alkanes) is 2. The predicted molar refractivity (Wildman–Crippen MR) is 105 cm³/mol. The molecule has 1 aromatic rings. The molecule has 0 aliphatic carbocycles. The number of carbonyl (C=O) groups excluding carboxylic acids is 1. The molecule has 7 nitrogen and oxygen atoms in total. The first-order valence-electron chi connectivity index (χ1n) is 9.38. The lowest BCUT2D eigenvalue weighted by molar-refractivity contribution is -0.121. The van der Waals surface area contributed by atoms with E-state index >= 15 is 0 Å². The number of sulfonamides is 1. The van der Waals surface area contributed by atoms with E-state index < -0.39 is 10.0 Å². The van der Waals surface area contributed by atoms with E-state index in [0.29, 0.717) is 30.9 Å². The number of hydrogen-bond acceptors (Lipinski definition) is 5. The molecule has 2 aliphatic heterocycles. The molecule has 0 bridgehead atoms. The molecule has 0 radical (unpaired) electrons. The lowest BCUT2D eigenvalue weighted by Gasteiger charge is -2.14. The van der Waals surface area contributed by atoms with Gasteiger partial charge in [-0.3, -0.25) is 14.5 Å². The Kier molecular flexibility index (Phi) is 6.63. The normalized spacial score (nSPS) is 19.3. The maximum atomic E-state index is 12.0. The Morgan fingerprint density at radius 2 is 2.04 bits per heavy atom. The van der Waals surface area contributed by atoms with Crippen LogP contribution >= 0.6 is 0 Å². The summed E-state index contributed by atoms with van der Waals surface area (Å²) >= 11 is 0. The second-order valence-corrected chi connectivity index (χ2v) is 8.39. The van der Waals surface area contributed by atoms with Crippen molar-refractivity contribution < 1.29 is 13.2 Å². The van der Waals surface area contributed by atoms with E-state index in [4.69, 9.17) is 0 Å². The van der Waals surface area contributed by atoms with E-state index in [1.54, 1.807) is 24.3 Å². The number of amides is 1. The van der Waals surface area contributed by atoms with Gasteiger partial charge in [-0.15, -0.1) is 0 Å². The fourth-order valence-corrected chi connectivity index (χ4v) is 4.40. The molecule has 0 saturated carbocycles. The third-order valence-corrected chi connectivity index (χ3v) is 6.06. The molecule has 8 heteroatoms. The first-order chi connectivity index (χ1) is 13.1. The summed E-state index contributed by atoms with van der Waals surface area (Å²) in [6, 6.07) is 6.84. The average molecular weight is 391 g/mol. The molecule has 3 N–H and O–H groups in total. The van der Waals surface area contributed by atoms with Crippen LogP contribution in [0.4, 0.5) is 0 Å². The topological polar surface area (TPSA) is 99.7 Å². The molecule has 27 heavy (non-hydrogen) atoms. The number of nitrogens with one attached hydrogen (secondary N) is 3. The Morgan fingerprint density at radius 1 is 1.19 bits per heavy atom. The minimum atomic E-state index is -3.47. The summed E-state index contributed by atoms with van der Waals surface area (Å²) in [5.74, 6) is 0.497. The van der Waals surface area contributed by atoms with Gasteiger partial charge in [0.25, 0.3) is 10.0 Å². The largest absolute Gasteiger partial charge is 0.352 e. The highest BCUT2D eigenvalue weighted by atomic mass is 32.2. The van der Waals surface area contributed by atoms with Gasteiger partial charge >= 0.3 is 0 Å². The number of benzene rings is 1. The van der Waals surface area contributed by atoms with Crippen molar-refractivity contribution in [3.05, 3.63) is 41.5 Å². The first kappa shape index (κ1) is 19.6. The van der Waals surface area contributed by atoms with Crippen LogP contribution in [0.25, 0.3) is 0 Å². The van der Waals surface area contributed by atoms with Crippen LogP contribution in [0, 0.1) is 0 Å². The molecule has 0 aromatic heterocycles. The van der Waals surface area contributed by atoms with E-state index in [2.05, 4.69) is 26.4 Å². The lowest BCUT2D eigenvalue weighted by atomic mass is 10.1. The molecular formula is C19H26N4O3S. The van der Waals surface area contributed by atoms with Crippen molar-refractivity contribution in [1.29, 1.82) is 0 Å². The number of rotatable bonds is 8. The second kappa shape index (κ2) is 9.14. The van der Waals surface area contributed by atoms with Gasteiger partial charge in [-0.05, 0) is 37.9 Å². The highest BCUT2D eigenvalue weighted by Gasteiger charge is 2.29. The Balaban J connectivity index is 1.34. The van der Waals surface area contributed by atoms with E-state index in [-0.39, 0.29) is 10.8 Å². The van der Waals surface area contributed by atoms with Crippen LogP contribution in [0.15, 0.2) is 45.8 Å². The summed E-state index contributed by atoms with van der Waals surface area (Å²) in [5, 5.41) is 6.22. The Hall–Kier alpha value is -2.19. The fourth-order valence-electron chi connectivity index (χ4n) is 3.15. The van der Waals surface area contributed by atoms with Gasteiger partial charge < -0.3 is 10.6 Å². The summed E-state index contributed by atoms with van der Waals surface area (Å²) in [6.45, 7) is 3.04. The van der Waals surface area contributed by atoms with Crippen molar-refractivity contribution in [3.63, 3.8) is 0 Å². The van der Waals surface area contributed by atoms with Crippen molar-refractivity contribution in [2.75, 3.05) is 26.2 Å². The minimum Gasteiger partial charge on any atom is -0.352 e. The van der Waals surface area contributed by atoms with Crippen molar-refractivity contribution >= 4 is 21.8 Å². The Labute approximate surface area is 160 Å². The molecule has 3 rings (SSSR count). The van der Waals surface area contributed by atoms with Crippen molar-refractivity contribution in [1.82, 2.24) is 15.4 Å². The molecule has 1 amide bonds. The van der Waals surface area contributed by atoms with Crippen LogP contribution < -0.4 is 15.4 Å². The number of amidine groups is 1. The smallest absolute Gasteiger partial charge is 0.263 e. The monoisotopic (exact) mass is 390 g/mol.